The van der Waals surface area contributed by atoms with E-state index in [4.69, 9.17) is 17.0 Å². The van der Waals surface area contributed by atoms with Gasteiger partial charge in [0.25, 0.3) is 0 Å². The third-order valence-corrected chi connectivity index (χ3v) is 18.2. The number of thioether (sulfide) groups is 2. The predicted molar refractivity (Wildman–Crippen MR) is 155 cm³/mol. The van der Waals surface area contributed by atoms with E-state index in [0.29, 0.717) is 0 Å². The summed E-state index contributed by atoms with van der Waals surface area (Å²) < 4.78 is 0. The van der Waals surface area contributed by atoms with Crippen LogP contribution in [0.3, 0.4) is 0 Å². The molecular formula is C27H46Cl2S2SiZr. The van der Waals surface area contributed by atoms with Crippen LogP contribution < -0.4 is 0 Å². The van der Waals surface area contributed by atoms with Crippen LogP contribution in [-0.2, 0) is 20.8 Å². The molecule has 2 aliphatic heterocycles. The van der Waals surface area contributed by atoms with E-state index < -0.39 is 28.9 Å². The molecule has 3 aliphatic carbocycles. The summed E-state index contributed by atoms with van der Waals surface area (Å²) in [5, 5.41) is 1.81. The Bertz CT molecular complexity index is 678. The Morgan fingerprint density at radius 2 is 1.39 bits per heavy atom. The van der Waals surface area contributed by atoms with Gasteiger partial charge in [-0.2, -0.15) is 0 Å². The van der Waals surface area contributed by atoms with E-state index in [1.54, 1.807) is 29.1 Å². The molecule has 3 saturated carbocycles. The average Bonchev–Trinajstić information content (AvgIpc) is 3.45. The molecule has 0 aromatic rings. The second kappa shape index (κ2) is 13.1. The zero-order valence-corrected chi connectivity index (χ0v) is 28.5. The number of rotatable bonds is 4. The van der Waals surface area contributed by atoms with E-state index >= 15 is 0 Å². The Balaban J connectivity index is 0.000000733. The van der Waals surface area contributed by atoms with Gasteiger partial charge in [-0.1, -0.05) is 71.7 Å². The number of fused-ring (bicyclic) bond motifs is 4. The van der Waals surface area contributed by atoms with Crippen molar-refractivity contribution >= 4 is 48.6 Å². The summed E-state index contributed by atoms with van der Waals surface area (Å²) in [6.07, 6.45) is 15.7. The Morgan fingerprint density at radius 3 is 1.88 bits per heavy atom. The molecule has 8 unspecified atom stereocenters. The molecule has 8 atom stereocenters. The van der Waals surface area contributed by atoms with Gasteiger partial charge in [0.05, 0.1) is 8.07 Å². The maximum absolute atomic E-state index is 4.93. The average molecular weight is 625 g/mol. The topological polar surface area (TPSA) is 0 Å². The maximum atomic E-state index is 4.93. The van der Waals surface area contributed by atoms with Crippen LogP contribution in [0.5, 0.6) is 0 Å². The van der Waals surface area contributed by atoms with Crippen molar-refractivity contribution in [2.24, 2.45) is 29.6 Å². The van der Waals surface area contributed by atoms with Gasteiger partial charge in [-0.25, -0.2) is 0 Å². The first-order chi connectivity index (χ1) is 14.9. The first kappa shape index (κ1) is 31.1. The van der Waals surface area contributed by atoms with Crippen molar-refractivity contribution in [3.8, 4) is 0 Å². The van der Waals surface area contributed by atoms with Crippen molar-refractivity contribution in [3.05, 3.63) is 36.8 Å². The first-order valence-corrected chi connectivity index (χ1v) is 23.8. The van der Waals surface area contributed by atoms with Gasteiger partial charge in [0, 0.05) is 10.5 Å². The molecule has 6 heteroatoms. The van der Waals surface area contributed by atoms with E-state index in [9.17, 15) is 0 Å². The fourth-order valence-corrected chi connectivity index (χ4v) is 19.8. The molecule has 0 aromatic carbocycles. The van der Waals surface area contributed by atoms with Crippen LogP contribution in [0, 0.1) is 44.4 Å². The van der Waals surface area contributed by atoms with Gasteiger partial charge in [0.15, 0.2) is 0 Å². The van der Waals surface area contributed by atoms with Crippen LogP contribution in [-0.4, -0.2) is 18.6 Å². The molecule has 2 heterocycles. The van der Waals surface area contributed by atoms with Crippen molar-refractivity contribution in [3.63, 3.8) is 0 Å². The van der Waals surface area contributed by atoms with Gasteiger partial charge in [-0.3, -0.25) is 0 Å². The zero-order chi connectivity index (χ0) is 22.3. The fourth-order valence-electron chi connectivity index (χ4n) is 8.48. The molecular weight excluding hydrogens is 579 g/mol. The predicted octanol–water partition coefficient (Wildman–Crippen LogP) is 10.6. The van der Waals surface area contributed by atoms with Crippen LogP contribution in [0.25, 0.3) is 0 Å². The van der Waals surface area contributed by atoms with Gasteiger partial charge in [-0.15, -0.1) is 23.5 Å². The van der Waals surface area contributed by atoms with E-state index in [1.165, 1.54) is 25.7 Å². The standard InChI is InChI=1S/C25H40S2Si.2CH3.2ClH.Zr/c1-6-17-13-20-21-14-18(7-2)27-23(21)25(22(20)26-17)28(4,5)24-15(3)12-16-10-8-9-11-19(16)24;;;;;/h13-16,19-25H,6-12H2,1-5H3;2*1H3;2*1H;/q;2*-1;;;+4/p-2. The monoisotopic (exact) mass is 622 g/mol. The molecule has 0 bridgehead atoms. The quantitative estimate of drug-likeness (QED) is 0.225. The van der Waals surface area contributed by atoms with Crippen molar-refractivity contribution < 1.29 is 20.8 Å². The molecule has 0 aromatic heterocycles. The van der Waals surface area contributed by atoms with E-state index in [-0.39, 0.29) is 14.9 Å². The summed E-state index contributed by atoms with van der Waals surface area (Å²) in [5.41, 5.74) is 2.09. The third-order valence-electron chi connectivity index (χ3n) is 9.37. The molecule has 33 heavy (non-hydrogen) atoms. The van der Waals surface area contributed by atoms with Crippen molar-refractivity contribution in [2.75, 3.05) is 0 Å². The van der Waals surface area contributed by atoms with Crippen molar-refractivity contribution in [1.29, 1.82) is 0 Å². The van der Waals surface area contributed by atoms with Crippen LogP contribution in [0.1, 0.15) is 65.7 Å². The van der Waals surface area contributed by atoms with Gasteiger partial charge in [0.2, 0.25) is 0 Å². The first-order valence-electron chi connectivity index (χ1n) is 12.6. The van der Waals surface area contributed by atoms with Crippen molar-refractivity contribution in [2.45, 2.75) is 100 Å². The van der Waals surface area contributed by atoms with Crippen LogP contribution >= 0.6 is 40.5 Å². The third kappa shape index (κ3) is 5.82. The Hall–Kier alpha value is 1.86. The summed E-state index contributed by atoms with van der Waals surface area (Å²) in [6.45, 7) is 13.1. The minimum absolute atomic E-state index is 0. The summed E-state index contributed by atoms with van der Waals surface area (Å²) in [6, 6.07) is 0. The number of hydrogen-bond donors (Lipinski definition) is 0. The molecule has 0 saturated heterocycles. The summed E-state index contributed by atoms with van der Waals surface area (Å²) in [4.78, 5) is 3.42. The SMILES string of the molecule is CCC1=CC2C3C=C(CC)SC3C([Si](C)(C)C3C(C)CC4CCCCC43)C2S1.[CH3-].[CH3-].[Cl][Zr+2][Cl]. The van der Waals surface area contributed by atoms with Crippen LogP contribution in [0.2, 0.25) is 24.2 Å². The summed E-state index contributed by atoms with van der Waals surface area (Å²) in [5.74, 6) is 4.84. The molecule has 0 spiro atoms. The van der Waals surface area contributed by atoms with Gasteiger partial charge >= 0.3 is 37.9 Å². The second-order valence-electron chi connectivity index (χ2n) is 11.2. The molecule has 3 fully saturated rings. The Labute approximate surface area is 234 Å². The van der Waals surface area contributed by atoms with E-state index in [1.807, 2.05) is 0 Å². The fraction of sp³-hybridized carbons (Fsp3) is 0.778. The molecule has 188 valence electrons. The minimum atomic E-state index is -1.37. The van der Waals surface area contributed by atoms with Gasteiger partial charge in [-0.05, 0) is 69.7 Å². The number of halogens is 2. The van der Waals surface area contributed by atoms with Gasteiger partial charge in [0.1, 0.15) is 0 Å². The molecule has 5 rings (SSSR count). The van der Waals surface area contributed by atoms with E-state index in [2.05, 4.69) is 69.5 Å². The summed E-state index contributed by atoms with van der Waals surface area (Å²) >= 11 is 3.82. The second-order valence-corrected chi connectivity index (χ2v) is 22.5. The zero-order valence-electron chi connectivity index (χ0n) is 21.9. The number of hydrogen-bond acceptors (Lipinski definition) is 2. The van der Waals surface area contributed by atoms with Crippen LogP contribution in [0.4, 0.5) is 0 Å². The summed E-state index contributed by atoms with van der Waals surface area (Å²) in [7, 11) is 8.49. The molecule has 0 N–H and O–H groups in total. The molecule has 0 radical (unpaired) electrons. The normalized spacial score (nSPS) is 40.6. The number of allylic oxidation sites excluding steroid dienone is 4. The van der Waals surface area contributed by atoms with Gasteiger partial charge < -0.3 is 14.9 Å². The van der Waals surface area contributed by atoms with E-state index in [0.717, 1.165) is 51.2 Å². The molecule has 0 nitrogen and oxygen atoms in total. The molecule has 5 aliphatic rings. The Kier molecular flexibility index (Phi) is 12.3. The van der Waals surface area contributed by atoms with Crippen molar-refractivity contribution in [1.82, 2.24) is 0 Å². The van der Waals surface area contributed by atoms with Crippen LogP contribution in [0.15, 0.2) is 22.0 Å². The molecule has 0 amide bonds. The Morgan fingerprint density at radius 1 is 0.909 bits per heavy atom.